The zero-order valence-corrected chi connectivity index (χ0v) is 20.8. The van der Waals surface area contributed by atoms with E-state index in [4.69, 9.17) is 9.98 Å². The molecule has 5 aromatic rings. The maximum Gasteiger partial charge on any atom is 0.169 e. The number of rotatable bonds is 4. The van der Waals surface area contributed by atoms with Crippen molar-refractivity contribution in [1.29, 1.82) is 0 Å². The molecule has 0 radical (unpaired) electrons. The SMILES string of the molecule is c1ccc(C2=NC(c3ccccc3)N=C(c3cccc(N4c5ccccc5Cc5ccccc54)c3)N2)cc1. The van der Waals surface area contributed by atoms with Crippen molar-refractivity contribution >= 4 is 28.7 Å². The summed E-state index contributed by atoms with van der Waals surface area (Å²) in [5.41, 5.74) is 9.32. The van der Waals surface area contributed by atoms with E-state index in [-0.39, 0.29) is 6.17 Å². The largest absolute Gasteiger partial charge is 0.324 e. The number of fused-ring (bicyclic) bond motifs is 2. The first kappa shape index (κ1) is 22.3. The molecule has 1 N–H and O–H groups in total. The van der Waals surface area contributed by atoms with Crippen LogP contribution in [0.1, 0.15) is 34.0 Å². The number of para-hydroxylation sites is 2. The summed E-state index contributed by atoms with van der Waals surface area (Å²) in [5, 5.41) is 3.54. The van der Waals surface area contributed by atoms with E-state index in [1.807, 2.05) is 36.4 Å². The zero-order chi connectivity index (χ0) is 25.3. The van der Waals surface area contributed by atoms with Crippen LogP contribution in [0.2, 0.25) is 0 Å². The highest BCUT2D eigenvalue weighted by atomic mass is 15.2. The van der Waals surface area contributed by atoms with E-state index < -0.39 is 0 Å². The minimum absolute atomic E-state index is 0.317. The molecule has 4 nitrogen and oxygen atoms in total. The molecule has 4 heteroatoms. The lowest BCUT2D eigenvalue weighted by molar-refractivity contribution is 0.756. The highest BCUT2D eigenvalue weighted by Gasteiger charge is 2.25. The molecule has 182 valence electrons. The molecule has 0 saturated carbocycles. The van der Waals surface area contributed by atoms with Crippen molar-refractivity contribution in [3.05, 3.63) is 161 Å². The molecule has 38 heavy (non-hydrogen) atoms. The van der Waals surface area contributed by atoms with E-state index >= 15 is 0 Å². The molecule has 0 aliphatic carbocycles. The molecular formula is C34H26N4. The van der Waals surface area contributed by atoms with Gasteiger partial charge < -0.3 is 10.2 Å². The Kier molecular flexibility index (Phi) is 5.56. The Balaban J connectivity index is 1.33. The second-order valence-electron chi connectivity index (χ2n) is 9.55. The van der Waals surface area contributed by atoms with Crippen LogP contribution < -0.4 is 10.2 Å². The van der Waals surface area contributed by atoms with Crippen LogP contribution in [0.5, 0.6) is 0 Å². The lowest BCUT2D eigenvalue weighted by Crippen LogP contribution is -2.36. The molecule has 2 aliphatic heterocycles. The van der Waals surface area contributed by atoms with Gasteiger partial charge in [0, 0.05) is 34.6 Å². The van der Waals surface area contributed by atoms with Gasteiger partial charge in [-0.2, -0.15) is 0 Å². The van der Waals surface area contributed by atoms with Gasteiger partial charge in [-0.1, -0.05) is 109 Å². The smallest absolute Gasteiger partial charge is 0.169 e. The highest BCUT2D eigenvalue weighted by Crippen LogP contribution is 2.43. The summed E-state index contributed by atoms with van der Waals surface area (Å²) in [7, 11) is 0. The van der Waals surface area contributed by atoms with Gasteiger partial charge in [-0.15, -0.1) is 0 Å². The molecule has 5 aromatic carbocycles. The minimum Gasteiger partial charge on any atom is -0.324 e. The maximum absolute atomic E-state index is 5.07. The number of aliphatic imine (C=N–C) groups is 2. The second kappa shape index (κ2) is 9.49. The Morgan fingerprint density at radius 2 is 1.11 bits per heavy atom. The number of benzene rings is 5. The molecule has 1 atom stereocenters. The van der Waals surface area contributed by atoms with Gasteiger partial charge in [0.05, 0.1) is 0 Å². The molecule has 2 heterocycles. The molecule has 0 aromatic heterocycles. The molecule has 0 amide bonds. The molecule has 7 rings (SSSR count). The van der Waals surface area contributed by atoms with Crippen molar-refractivity contribution in [3.8, 4) is 0 Å². The van der Waals surface area contributed by atoms with Gasteiger partial charge in [-0.3, -0.25) is 0 Å². The first-order chi connectivity index (χ1) is 18.8. The maximum atomic E-state index is 5.07. The lowest BCUT2D eigenvalue weighted by Gasteiger charge is -2.33. The van der Waals surface area contributed by atoms with Gasteiger partial charge in [0.25, 0.3) is 0 Å². The molecule has 0 bridgehead atoms. The molecule has 1 unspecified atom stereocenters. The molecule has 0 fully saturated rings. The van der Waals surface area contributed by atoms with Crippen LogP contribution in [0, 0.1) is 0 Å². The number of anilines is 3. The van der Waals surface area contributed by atoms with Crippen molar-refractivity contribution in [2.45, 2.75) is 12.6 Å². The van der Waals surface area contributed by atoms with Crippen LogP contribution in [0.4, 0.5) is 17.1 Å². The van der Waals surface area contributed by atoms with Crippen LogP contribution in [-0.2, 0) is 6.42 Å². The molecular weight excluding hydrogens is 464 g/mol. The summed E-state index contributed by atoms with van der Waals surface area (Å²) >= 11 is 0. The van der Waals surface area contributed by atoms with Crippen molar-refractivity contribution in [2.75, 3.05) is 4.90 Å². The predicted molar refractivity (Wildman–Crippen MR) is 156 cm³/mol. The summed E-state index contributed by atoms with van der Waals surface area (Å²) in [6.45, 7) is 0. The fourth-order valence-corrected chi connectivity index (χ4v) is 5.28. The van der Waals surface area contributed by atoms with Gasteiger partial charge >= 0.3 is 0 Å². The highest BCUT2D eigenvalue weighted by molar-refractivity contribution is 6.16. The summed E-state index contributed by atoms with van der Waals surface area (Å²) < 4.78 is 0. The summed E-state index contributed by atoms with van der Waals surface area (Å²) in [6, 6.07) is 46.5. The van der Waals surface area contributed by atoms with E-state index in [2.05, 4.69) is 107 Å². The third-order valence-corrected chi connectivity index (χ3v) is 7.11. The first-order valence-electron chi connectivity index (χ1n) is 12.9. The fourth-order valence-electron chi connectivity index (χ4n) is 5.28. The Labute approximate surface area is 222 Å². The standard InChI is InChI=1S/C34H26N4/c1-3-12-24(13-4-1)32-35-33(25-14-5-2-6-15-25)37-34(36-32)28-18-11-19-29(23-28)38-30-20-9-7-16-26(30)22-27-17-8-10-21-31(27)38/h1-21,23,32H,22H2,(H,35,36,37). The lowest BCUT2D eigenvalue weighted by atomic mass is 9.95. The minimum atomic E-state index is -0.317. The average Bonchev–Trinajstić information content (AvgIpc) is 3.00. The second-order valence-corrected chi connectivity index (χ2v) is 9.55. The van der Waals surface area contributed by atoms with Gasteiger partial charge in [-0.05, 0) is 41.0 Å². The Bertz CT molecular complexity index is 1630. The molecule has 0 spiro atoms. The quantitative estimate of drug-likeness (QED) is 0.277. The summed E-state index contributed by atoms with van der Waals surface area (Å²) in [6.07, 6.45) is 0.620. The van der Waals surface area contributed by atoms with Crippen molar-refractivity contribution in [1.82, 2.24) is 5.32 Å². The normalized spacial score (nSPS) is 16.0. The predicted octanol–water partition coefficient (Wildman–Crippen LogP) is 7.56. The fraction of sp³-hybridized carbons (Fsp3) is 0.0588. The zero-order valence-electron chi connectivity index (χ0n) is 20.8. The number of nitrogens with zero attached hydrogens (tertiary/aromatic N) is 3. The van der Waals surface area contributed by atoms with Crippen molar-refractivity contribution in [2.24, 2.45) is 9.98 Å². The van der Waals surface area contributed by atoms with E-state index in [0.717, 1.165) is 40.5 Å². The first-order valence-corrected chi connectivity index (χ1v) is 12.9. The van der Waals surface area contributed by atoms with Gasteiger partial charge in [-0.25, -0.2) is 9.98 Å². The van der Waals surface area contributed by atoms with Crippen LogP contribution >= 0.6 is 0 Å². The van der Waals surface area contributed by atoms with Gasteiger partial charge in [0.15, 0.2) is 6.17 Å². The summed E-state index contributed by atoms with van der Waals surface area (Å²) in [5.74, 6) is 1.64. The Morgan fingerprint density at radius 1 is 0.553 bits per heavy atom. The van der Waals surface area contributed by atoms with Crippen LogP contribution in [0.25, 0.3) is 0 Å². The van der Waals surface area contributed by atoms with E-state index in [0.29, 0.717) is 0 Å². The van der Waals surface area contributed by atoms with Crippen LogP contribution in [0.15, 0.2) is 143 Å². The third kappa shape index (κ3) is 4.06. The van der Waals surface area contributed by atoms with Crippen LogP contribution in [0.3, 0.4) is 0 Å². The number of amidine groups is 2. The number of hydrogen-bond donors (Lipinski definition) is 1. The molecule has 0 saturated heterocycles. The van der Waals surface area contributed by atoms with Crippen molar-refractivity contribution < 1.29 is 0 Å². The third-order valence-electron chi connectivity index (χ3n) is 7.11. The van der Waals surface area contributed by atoms with E-state index in [1.54, 1.807) is 0 Å². The molecule has 2 aliphatic rings. The number of nitrogens with one attached hydrogen (secondary N) is 1. The Morgan fingerprint density at radius 3 is 1.79 bits per heavy atom. The van der Waals surface area contributed by atoms with Gasteiger partial charge in [0.1, 0.15) is 11.7 Å². The monoisotopic (exact) mass is 490 g/mol. The Hall–Kier alpha value is -4.96. The van der Waals surface area contributed by atoms with E-state index in [9.17, 15) is 0 Å². The average molecular weight is 491 g/mol. The van der Waals surface area contributed by atoms with Gasteiger partial charge in [0.2, 0.25) is 0 Å². The van der Waals surface area contributed by atoms with Crippen LogP contribution in [-0.4, -0.2) is 11.7 Å². The van der Waals surface area contributed by atoms with Crippen molar-refractivity contribution in [3.63, 3.8) is 0 Å². The topological polar surface area (TPSA) is 40.0 Å². The van der Waals surface area contributed by atoms with E-state index in [1.165, 1.54) is 22.5 Å². The summed E-state index contributed by atoms with van der Waals surface area (Å²) in [4.78, 5) is 12.4. The number of hydrogen-bond acceptors (Lipinski definition) is 4.